The quantitative estimate of drug-likeness (QED) is 0.736. The van der Waals surface area contributed by atoms with Crippen molar-refractivity contribution < 1.29 is 4.79 Å². The van der Waals surface area contributed by atoms with Crippen molar-refractivity contribution in [3.05, 3.63) is 34.9 Å². The van der Waals surface area contributed by atoms with Crippen LogP contribution in [0.4, 0.5) is 0 Å². The number of unbranched alkanes of at least 4 members (excludes halogenated alkanes) is 1. The average molecular weight is 202 g/mol. The predicted molar refractivity (Wildman–Crippen MR) is 62.1 cm³/mol. The van der Waals surface area contributed by atoms with Crippen LogP contribution in [0.25, 0.3) is 0 Å². The van der Waals surface area contributed by atoms with E-state index in [0.717, 1.165) is 19.3 Å². The fourth-order valence-electron chi connectivity index (χ4n) is 2.20. The molecule has 80 valence electrons. The zero-order valence-corrected chi connectivity index (χ0v) is 9.38. The molecule has 2 rings (SSSR count). The third kappa shape index (κ3) is 2.47. The summed E-state index contributed by atoms with van der Waals surface area (Å²) >= 11 is 0. The number of Topliss-reactive ketones (excluding diaryl/α,β-unsaturated/α-hetero) is 1. The third-order valence-electron chi connectivity index (χ3n) is 3.15. The Morgan fingerprint density at radius 1 is 1.20 bits per heavy atom. The molecule has 1 heteroatoms. The number of hydrogen-bond donors (Lipinski definition) is 0. The molecule has 0 heterocycles. The van der Waals surface area contributed by atoms with E-state index >= 15 is 0 Å². The van der Waals surface area contributed by atoms with Crippen molar-refractivity contribution >= 4 is 5.78 Å². The van der Waals surface area contributed by atoms with Gasteiger partial charge < -0.3 is 0 Å². The van der Waals surface area contributed by atoms with Crippen LogP contribution in [0.1, 0.15) is 42.9 Å². The van der Waals surface area contributed by atoms with Gasteiger partial charge in [-0.2, -0.15) is 0 Å². The largest absolute Gasteiger partial charge is 0.299 e. The van der Waals surface area contributed by atoms with Crippen LogP contribution in [0.15, 0.2) is 18.2 Å². The molecule has 0 bridgehead atoms. The Labute approximate surface area is 91.5 Å². The summed E-state index contributed by atoms with van der Waals surface area (Å²) in [6.45, 7) is 2.21. The van der Waals surface area contributed by atoms with E-state index in [0.29, 0.717) is 12.2 Å². The molecule has 15 heavy (non-hydrogen) atoms. The highest BCUT2D eigenvalue weighted by Crippen LogP contribution is 2.21. The molecule has 0 spiro atoms. The molecule has 0 N–H and O–H groups in total. The van der Waals surface area contributed by atoms with Crippen molar-refractivity contribution in [3.63, 3.8) is 0 Å². The number of rotatable bonds is 3. The number of hydrogen-bond acceptors (Lipinski definition) is 1. The summed E-state index contributed by atoms with van der Waals surface area (Å²) in [5.41, 5.74) is 4.06. The van der Waals surface area contributed by atoms with E-state index in [1.54, 1.807) is 0 Å². The van der Waals surface area contributed by atoms with E-state index < -0.39 is 0 Å². The van der Waals surface area contributed by atoms with E-state index in [4.69, 9.17) is 0 Å². The third-order valence-corrected chi connectivity index (χ3v) is 3.15. The van der Waals surface area contributed by atoms with Gasteiger partial charge in [0.05, 0.1) is 0 Å². The van der Waals surface area contributed by atoms with Gasteiger partial charge in [-0.3, -0.25) is 4.79 Å². The maximum Gasteiger partial charge on any atom is 0.137 e. The predicted octanol–water partition coefficient (Wildman–Crippen LogP) is 3.09. The molecule has 1 aliphatic rings. The monoisotopic (exact) mass is 202 g/mol. The number of ketones is 1. The number of benzene rings is 1. The zero-order valence-electron chi connectivity index (χ0n) is 9.38. The lowest BCUT2D eigenvalue weighted by molar-refractivity contribution is -0.118. The van der Waals surface area contributed by atoms with Crippen LogP contribution >= 0.6 is 0 Å². The minimum Gasteiger partial charge on any atom is -0.299 e. The van der Waals surface area contributed by atoms with Crippen LogP contribution in [-0.2, 0) is 24.1 Å². The van der Waals surface area contributed by atoms with Crippen molar-refractivity contribution in [1.82, 2.24) is 0 Å². The number of carbonyl (C=O) groups is 1. The molecular weight excluding hydrogens is 184 g/mol. The van der Waals surface area contributed by atoms with E-state index in [9.17, 15) is 4.79 Å². The Morgan fingerprint density at radius 3 is 2.87 bits per heavy atom. The van der Waals surface area contributed by atoms with E-state index in [-0.39, 0.29) is 0 Å². The number of fused-ring (bicyclic) bond motifs is 1. The first-order chi connectivity index (χ1) is 7.29. The minimum atomic E-state index is 0.398. The highest BCUT2D eigenvalue weighted by atomic mass is 16.1. The molecule has 0 amide bonds. The number of carbonyl (C=O) groups excluding carboxylic acids is 1. The Balaban J connectivity index is 2.17. The number of aryl methyl sites for hydroxylation is 2. The van der Waals surface area contributed by atoms with Crippen LogP contribution in [0.5, 0.6) is 0 Å². The molecule has 0 unspecified atom stereocenters. The van der Waals surface area contributed by atoms with Crippen molar-refractivity contribution in [2.75, 3.05) is 0 Å². The van der Waals surface area contributed by atoms with Gasteiger partial charge in [0.2, 0.25) is 0 Å². The first kappa shape index (κ1) is 10.4. The maximum absolute atomic E-state index is 11.4. The fraction of sp³-hybridized carbons (Fsp3) is 0.500. The molecule has 0 saturated heterocycles. The molecule has 1 aliphatic carbocycles. The summed E-state index contributed by atoms with van der Waals surface area (Å²) in [6, 6.07) is 6.68. The van der Waals surface area contributed by atoms with Gasteiger partial charge in [0.15, 0.2) is 0 Å². The molecule has 1 aromatic carbocycles. The van der Waals surface area contributed by atoms with Gasteiger partial charge in [0.1, 0.15) is 5.78 Å². The van der Waals surface area contributed by atoms with Crippen LogP contribution in [0, 0.1) is 0 Å². The minimum absolute atomic E-state index is 0.398. The van der Waals surface area contributed by atoms with E-state index in [2.05, 4.69) is 25.1 Å². The average Bonchev–Trinajstić information content (AvgIpc) is 2.25. The van der Waals surface area contributed by atoms with Gasteiger partial charge in [-0.25, -0.2) is 0 Å². The lowest BCUT2D eigenvalue weighted by Gasteiger charge is -2.15. The smallest absolute Gasteiger partial charge is 0.137 e. The molecule has 0 atom stereocenters. The Hall–Kier alpha value is -1.11. The highest BCUT2D eigenvalue weighted by molar-refractivity contribution is 5.83. The maximum atomic E-state index is 11.4. The normalized spacial score (nSPS) is 15.1. The van der Waals surface area contributed by atoms with Crippen molar-refractivity contribution in [2.45, 2.75) is 45.4 Å². The van der Waals surface area contributed by atoms with Crippen LogP contribution in [0.3, 0.4) is 0 Å². The molecule has 0 aromatic heterocycles. The van der Waals surface area contributed by atoms with Gasteiger partial charge in [-0.15, -0.1) is 0 Å². The van der Waals surface area contributed by atoms with Crippen LogP contribution in [0.2, 0.25) is 0 Å². The van der Waals surface area contributed by atoms with Gasteiger partial charge >= 0.3 is 0 Å². The Morgan fingerprint density at radius 2 is 2.07 bits per heavy atom. The SMILES string of the molecule is CCCCc1ccc2c(c1)CC(=O)CC2. The van der Waals surface area contributed by atoms with E-state index in [1.165, 1.54) is 29.5 Å². The molecule has 0 aliphatic heterocycles. The highest BCUT2D eigenvalue weighted by Gasteiger charge is 2.15. The fourth-order valence-corrected chi connectivity index (χ4v) is 2.20. The molecule has 1 aromatic rings. The molecule has 0 saturated carbocycles. The van der Waals surface area contributed by atoms with Crippen molar-refractivity contribution in [1.29, 1.82) is 0 Å². The molecule has 0 fully saturated rings. The lowest BCUT2D eigenvalue weighted by Crippen LogP contribution is -2.13. The van der Waals surface area contributed by atoms with Crippen molar-refractivity contribution in [3.8, 4) is 0 Å². The van der Waals surface area contributed by atoms with E-state index in [1.807, 2.05) is 0 Å². The van der Waals surface area contributed by atoms with Crippen LogP contribution in [-0.4, -0.2) is 5.78 Å². The Bertz CT molecular complexity index is 366. The summed E-state index contributed by atoms with van der Waals surface area (Å²) in [7, 11) is 0. The van der Waals surface area contributed by atoms with Gasteiger partial charge in [-0.1, -0.05) is 31.5 Å². The second kappa shape index (κ2) is 4.61. The zero-order chi connectivity index (χ0) is 10.7. The first-order valence-corrected chi connectivity index (χ1v) is 5.92. The van der Waals surface area contributed by atoms with Gasteiger partial charge in [-0.05, 0) is 36.0 Å². The summed E-state index contributed by atoms with van der Waals surface area (Å²) in [5.74, 6) is 0.398. The van der Waals surface area contributed by atoms with Crippen molar-refractivity contribution in [2.24, 2.45) is 0 Å². The lowest BCUT2D eigenvalue weighted by atomic mass is 9.89. The van der Waals surface area contributed by atoms with Gasteiger partial charge in [0.25, 0.3) is 0 Å². The topological polar surface area (TPSA) is 17.1 Å². The first-order valence-electron chi connectivity index (χ1n) is 5.92. The standard InChI is InChI=1S/C14H18O/c1-2-3-4-11-5-6-12-7-8-14(15)10-13(12)9-11/h5-6,9H,2-4,7-8,10H2,1H3. The molecule has 0 radical (unpaired) electrons. The second-order valence-corrected chi connectivity index (χ2v) is 4.42. The Kier molecular flexibility index (Phi) is 3.20. The summed E-state index contributed by atoms with van der Waals surface area (Å²) in [4.78, 5) is 11.4. The summed E-state index contributed by atoms with van der Waals surface area (Å²) in [5, 5.41) is 0. The van der Waals surface area contributed by atoms with Gasteiger partial charge in [0, 0.05) is 12.8 Å². The summed E-state index contributed by atoms with van der Waals surface area (Å²) in [6.07, 6.45) is 5.97. The second-order valence-electron chi connectivity index (χ2n) is 4.42. The molecular formula is C14H18O. The van der Waals surface area contributed by atoms with Crippen LogP contribution < -0.4 is 0 Å². The summed E-state index contributed by atoms with van der Waals surface area (Å²) < 4.78 is 0. The molecule has 1 nitrogen and oxygen atoms in total.